The summed E-state index contributed by atoms with van der Waals surface area (Å²) in [5, 5.41) is 3.42. The number of pyridine rings is 1. The van der Waals surface area contributed by atoms with Crippen LogP contribution < -0.4 is 14.8 Å². The van der Waals surface area contributed by atoms with Crippen LogP contribution in [-0.2, 0) is 21.7 Å². The summed E-state index contributed by atoms with van der Waals surface area (Å²) in [6.07, 6.45) is 1.77. The zero-order valence-corrected chi connectivity index (χ0v) is 16.4. The largest absolute Gasteiger partial charge is 0.324 e. The molecule has 1 N–H and O–H groups in total. The first-order chi connectivity index (χ1) is 13.9. The van der Waals surface area contributed by atoms with Crippen molar-refractivity contribution < 1.29 is 18.5 Å². The van der Waals surface area contributed by atoms with Crippen molar-refractivity contribution in [2.24, 2.45) is 0 Å². The van der Waals surface area contributed by atoms with Gasteiger partial charge in [0.15, 0.2) is 6.20 Å². The van der Waals surface area contributed by atoms with E-state index in [9.17, 15) is 14.0 Å². The molecule has 2 aromatic carbocycles. The molecule has 146 valence electrons. The highest BCUT2D eigenvalue weighted by atomic mass is 35.5. The van der Waals surface area contributed by atoms with Crippen molar-refractivity contribution in [3.8, 4) is 0 Å². The molecular weight excluding hydrogens is 393 g/mol. The van der Waals surface area contributed by atoms with E-state index in [0.29, 0.717) is 22.1 Å². The number of fused-ring (bicyclic) bond motifs is 1. The number of hydrogen-bond acceptors (Lipinski definition) is 2. The smallest absolute Gasteiger partial charge is 0.294 e. The van der Waals surface area contributed by atoms with Gasteiger partial charge in [-0.1, -0.05) is 17.7 Å². The first-order valence-corrected chi connectivity index (χ1v) is 9.42. The van der Waals surface area contributed by atoms with Crippen LogP contribution in [0.2, 0.25) is 5.02 Å². The number of hydrogen-bond donors (Lipinski definition) is 1. The van der Waals surface area contributed by atoms with Crippen LogP contribution in [-0.4, -0.2) is 11.8 Å². The van der Waals surface area contributed by atoms with Crippen molar-refractivity contribution >= 4 is 34.8 Å². The van der Waals surface area contributed by atoms with Gasteiger partial charge in [-0.25, -0.2) is 4.39 Å². The van der Waals surface area contributed by atoms with Gasteiger partial charge in [0.1, 0.15) is 5.82 Å². The molecule has 3 aromatic rings. The topological polar surface area (TPSA) is 53.3 Å². The average molecular weight is 411 g/mol. The second kappa shape index (κ2) is 7.29. The van der Waals surface area contributed by atoms with Gasteiger partial charge in [-0.3, -0.25) is 14.5 Å². The Morgan fingerprint density at radius 3 is 2.48 bits per heavy atom. The van der Waals surface area contributed by atoms with E-state index in [1.807, 2.05) is 18.2 Å². The predicted molar refractivity (Wildman–Crippen MR) is 108 cm³/mol. The Labute approximate surface area is 172 Å². The van der Waals surface area contributed by atoms with Crippen LogP contribution in [0.1, 0.15) is 12.6 Å². The number of amides is 2. The fourth-order valence-electron chi connectivity index (χ4n) is 3.63. The predicted octanol–water partition coefficient (Wildman–Crippen LogP) is 3.67. The third-order valence-corrected chi connectivity index (χ3v) is 5.32. The van der Waals surface area contributed by atoms with Crippen LogP contribution in [0.4, 0.5) is 15.8 Å². The molecule has 0 saturated carbocycles. The molecule has 1 aliphatic rings. The molecule has 2 amide bonds. The normalized spacial score (nSPS) is 18.3. The van der Waals surface area contributed by atoms with Crippen molar-refractivity contribution in [3.63, 3.8) is 0 Å². The second-order valence-electron chi connectivity index (χ2n) is 6.95. The minimum atomic E-state index is -1.35. The first-order valence-electron chi connectivity index (χ1n) is 9.04. The third kappa shape index (κ3) is 3.36. The molecule has 2 heterocycles. The summed E-state index contributed by atoms with van der Waals surface area (Å²) in [7, 11) is 0. The van der Waals surface area contributed by atoms with Crippen molar-refractivity contribution in [1.82, 2.24) is 0 Å². The summed E-state index contributed by atoms with van der Waals surface area (Å²) in [5.41, 5.74) is 0.296. The van der Waals surface area contributed by atoms with E-state index in [-0.39, 0.29) is 12.5 Å². The Balaban J connectivity index is 1.83. The Morgan fingerprint density at radius 2 is 1.79 bits per heavy atom. The number of carbonyl (C=O) groups excluding carboxylic acids is 2. The molecule has 1 aliphatic heterocycles. The number of carbonyl (C=O) groups is 2. The second-order valence-corrected chi connectivity index (χ2v) is 7.39. The maximum Gasteiger partial charge on any atom is 0.294 e. The number of benzene rings is 2. The number of nitrogens with zero attached hydrogens (tertiary/aromatic N) is 2. The van der Waals surface area contributed by atoms with Crippen LogP contribution in [0.15, 0.2) is 72.9 Å². The molecule has 0 radical (unpaired) electrons. The van der Waals surface area contributed by atoms with Gasteiger partial charge in [0, 0.05) is 28.5 Å². The van der Waals surface area contributed by atoms with Gasteiger partial charge < -0.3 is 5.32 Å². The van der Waals surface area contributed by atoms with E-state index in [4.69, 9.17) is 11.6 Å². The van der Waals surface area contributed by atoms with Gasteiger partial charge in [-0.2, -0.15) is 4.57 Å². The van der Waals surface area contributed by atoms with E-state index in [0.717, 1.165) is 0 Å². The Kier molecular flexibility index (Phi) is 4.80. The molecule has 7 heteroatoms. The van der Waals surface area contributed by atoms with Crippen molar-refractivity contribution in [1.29, 1.82) is 0 Å². The van der Waals surface area contributed by atoms with Crippen molar-refractivity contribution in [2.45, 2.75) is 19.0 Å². The lowest BCUT2D eigenvalue weighted by atomic mass is 9.89. The summed E-state index contributed by atoms with van der Waals surface area (Å²) >= 11 is 5.93. The molecule has 29 heavy (non-hydrogen) atoms. The van der Waals surface area contributed by atoms with Crippen molar-refractivity contribution in [3.05, 3.63) is 89.5 Å². The lowest BCUT2D eigenvalue weighted by Crippen LogP contribution is -2.67. The maximum absolute atomic E-state index is 13.5. The van der Waals surface area contributed by atoms with Gasteiger partial charge in [-0.15, -0.1) is 0 Å². The number of nitrogens with one attached hydrogen (secondary N) is 1. The van der Waals surface area contributed by atoms with Crippen LogP contribution >= 0.6 is 11.6 Å². The van der Waals surface area contributed by atoms with Crippen molar-refractivity contribution in [2.75, 3.05) is 10.2 Å². The highest BCUT2D eigenvalue weighted by Crippen LogP contribution is 2.35. The molecule has 0 fully saturated rings. The SMILES string of the molecule is CC1(C(=O)Nc2ccc(Cl)cc2)c2cccc[n+]2CC(=O)N1c1ccc(F)cc1. The highest BCUT2D eigenvalue weighted by molar-refractivity contribution is 6.30. The molecule has 0 saturated heterocycles. The van der Waals surface area contributed by atoms with Crippen LogP contribution in [0.3, 0.4) is 0 Å². The molecular formula is C22H18ClFN3O2+. The molecule has 0 aliphatic carbocycles. The molecule has 0 bridgehead atoms. The van der Waals surface area contributed by atoms with Crippen LogP contribution in [0, 0.1) is 5.82 Å². The summed E-state index contributed by atoms with van der Waals surface area (Å²) in [4.78, 5) is 28.0. The minimum Gasteiger partial charge on any atom is -0.324 e. The minimum absolute atomic E-state index is 0.0807. The number of rotatable bonds is 3. The highest BCUT2D eigenvalue weighted by Gasteiger charge is 2.54. The van der Waals surface area contributed by atoms with Crippen LogP contribution in [0.25, 0.3) is 0 Å². The van der Waals surface area contributed by atoms with Crippen LogP contribution in [0.5, 0.6) is 0 Å². The molecule has 4 rings (SSSR count). The molecule has 1 unspecified atom stereocenters. The lowest BCUT2D eigenvalue weighted by Gasteiger charge is -2.40. The molecule has 5 nitrogen and oxygen atoms in total. The van der Waals surface area contributed by atoms with E-state index in [1.54, 1.807) is 42.0 Å². The number of halogens is 2. The van der Waals surface area contributed by atoms with E-state index >= 15 is 0 Å². The zero-order chi connectivity index (χ0) is 20.6. The number of aromatic nitrogens is 1. The average Bonchev–Trinajstić information content (AvgIpc) is 2.71. The van der Waals surface area contributed by atoms with Gasteiger partial charge in [0.05, 0.1) is 0 Å². The van der Waals surface area contributed by atoms with Gasteiger partial charge in [-0.05, 0) is 55.5 Å². The molecule has 1 aromatic heterocycles. The maximum atomic E-state index is 13.5. The summed E-state index contributed by atoms with van der Waals surface area (Å²) < 4.78 is 15.2. The van der Waals surface area contributed by atoms with Gasteiger partial charge in [0.2, 0.25) is 17.8 Å². The third-order valence-electron chi connectivity index (χ3n) is 5.07. The van der Waals surface area contributed by atoms with E-state index in [2.05, 4.69) is 5.32 Å². The monoisotopic (exact) mass is 410 g/mol. The van der Waals surface area contributed by atoms with E-state index < -0.39 is 17.3 Å². The molecule has 0 spiro atoms. The Morgan fingerprint density at radius 1 is 1.10 bits per heavy atom. The zero-order valence-electron chi connectivity index (χ0n) is 15.6. The molecule has 1 atom stereocenters. The summed E-state index contributed by atoms with van der Waals surface area (Å²) in [5.74, 6) is -1.08. The number of anilines is 2. The quantitative estimate of drug-likeness (QED) is 0.670. The van der Waals surface area contributed by atoms with Gasteiger partial charge in [0.25, 0.3) is 11.8 Å². The Bertz CT molecular complexity index is 1090. The fourth-order valence-corrected chi connectivity index (χ4v) is 3.76. The van der Waals surface area contributed by atoms with E-state index in [1.165, 1.54) is 29.2 Å². The Hall–Kier alpha value is -3.25. The standard InChI is InChI=1S/C22H17ClFN3O2/c1-22(21(29)25-17-9-5-15(23)6-10-17)19-4-2-3-13-26(19)14-20(28)27(22)18-11-7-16(24)8-12-18/h2-13H,14H2,1H3/p+1. The first kappa shape index (κ1) is 19.1. The summed E-state index contributed by atoms with van der Waals surface area (Å²) in [6.45, 7) is 1.77. The van der Waals surface area contributed by atoms with Gasteiger partial charge >= 0.3 is 0 Å². The summed E-state index contributed by atoms with van der Waals surface area (Å²) in [6, 6.07) is 17.7. The lowest BCUT2D eigenvalue weighted by molar-refractivity contribution is -0.697. The fraction of sp³-hybridized carbons (Fsp3) is 0.136.